The van der Waals surface area contributed by atoms with Crippen LogP contribution in [-0.4, -0.2) is 41.7 Å². The lowest BCUT2D eigenvalue weighted by Gasteiger charge is -2.17. The standard InChI is InChI=1S/C12H13F2NO3/c13-12(14)18-10-4-2-1-3-9(10)11(17)15-6-5-8(16)7-15/h1-4,8,12,16H,5-7H2/t8-/m1/s1. The lowest BCUT2D eigenvalue weighted by Crippen LogP contribution is -2.30. The monoisotopic (exact) mass is 257 g/mol. The Morgan fingerprint density at radius 3 is 2.78 bits per heavy atom. The van der Waals surface area contributed by atoms with Crippen LogP contribution in [0.4, 0.5) is 8.78 Å². The number of benzene rings is 1. The van der Waals surface area contributed by atoms with E-state index in [-0.39, 0.29) is 17.9 Å². The number of hydrogen-bond acceptors (Lipinski definition) is 3. The number of carbonyl (C=O) groups excluding carboxylic acids is 1. The maximum absolute atomic E-state index is 12.2. The molecule has 1 aromatic carbocycles. The van der Waals surface area contributed by atoms with Gasteiger partial charge in [-0.05, 0) is 18.6 Å². The second-order valence-corrected chi connectivity index (χ2v) is 4.07. The molecule has 1 atom stereocenters. The largest absolute Gasteiger partial charge is 0.434 e. The summed E-state index contributed by atoms with van der Waals surface area (Å²) in [6, 6.07) is 5.86. The molecule has 2 rings (SSSR count). The molecule has 6 heteroatoms. The first-order valence-corrected chi connectivity index (χ1v) is 5.59. The molecule has 0 bridgehead atoms. The van der Waals surface area contributed by atoms with E-state index in [0.29, 0.717) is 13.0 Å². The maximum atomic E-state index is 12.2. The van der Waals surface area contributed by atoms with Crippen LogP contribution >= 0.6 is 0 Å². The number of nitrogens with zero attached hydrogens (tertiary/aromatic N) is 1. The summed E-state index contributed by atoms with van der Waals surface area (Å²) in [5.74, 6) is -0.540. The van der Waals surface area contributed by atoms with Gasteiger partial charge in [-0.1, -0.05) is 12.1 Å². The first kappa shape index (κ1) is 12.8. The lowest BCUT2D eigenvalue weighted by molar-refractivity contribution is -0.0502. The minimum absolute atomic E-state index is 0.0897. The van der Waals surface area contributed by atoms with E-state index >= 15 is 0 Å². The van der Waals surface area contributed by atoms with Crippen LogP contribution in [0, 0.1) is 0 Å². The number of aliphatic hydroxyl groups excluding tert-OH is 1. The van der Waals surface area contributed by atoms with Crippen molar-refractivity contribution < 1.29 is 23.4 Å². The van der Waals surface area contributed by atoms with Crippen LogP contribution in [0.1, 0.15) is 16.8 Å². The molecule has 98 valence electrons. The van der Waals surface area contributed by atoms with Gasteiger partial charge < -0.3 is 14.7 Å². The Labute approximate surface area is 103 Å². The number of aliphatic hydroxyl groups is 1. The van der Waals surface area contributed by atoms with E-state index in [1.54, 1.807) is 6.07 Å². The van der Waals surface area contributed by atoms with Gasteiger partial charge in [0, 0.05) is 13.1 Å². The summed E-state index contributed by atoms with van der Waals surface area (Å²) in [7, 11) is 0. The number of β-amino-alcohol motifs (C(OH)–C–C–N with tert-alkyl or cyclic N) is 1. The zero-order chi connectivity index (χ0) is 13.1. The van der Waals surface area contributed by atoms with Crippen LogP contribution in [0.15, 0.2) is 24.3 Å². The molecule has 18 heavy (non-hydrogen) atoms. The van der Waals surface area contributed by atoms with Gasteiger partial charge >= 0.3 is 6.61 Å². The highest BCUT2D eigenvalue weighted by Crippen LogP contribution is 2.23. The highest BCUT2D eigenvalue weighted by atomic mass is 19.3. The molecule has 1 N–H and O–H groups in total. The molecule has 1 aromatic rings. The Kier molecular flexibility index (Phi) is 3.76. The molecule has 0 saturated carbocycles. The Balaban J connectivity index is 2.19. The molecule has 1 heterocycles. The van der Waals surface area contributed by atoms with Crippen molar-refractivity contribution in [1.82, 2.24) is 4.90 Å². The topological polar surface area (TPSA) is 49.8 Å². The highest BCUT2D eigenvalue weighted by Gasteiger charge is 2.27. The zero-order valence-corrected chi connectivity index (χ0v) is 9.55. The molecule has 1 amide bonds. The van der Waals surface area contributed by atoms with E-state index in [9.17, 15) is 18.7 Å². The number of para-hydroxylation sites is 1. The number of rotatable bonds is 3. The molecule has 1 fully saturated rings. The van der Waals surface area contributed by atoms with Crippen molar-refractivity contribution in [2.24, 2.45) is 0 Å². The fourth-order valence-electron chi connectivity index (χ4n) is 1.94. The molecule has 1 saturated heterocycles. The summed E-state index contributed by atoms with van der Waals surface area (Å²) in [4.78, 5) is 13.5. The van der Waals surface area contributed by atoms with Gasteiger partial charge in [-0.25, -0.2) is 0 Å². The van der Waals surface area contributed by atoms with Crippen LogP contribution in [0.5, 0.6) is 5.75 Å². The van der Waals surface area contributed by atoms with Gasteiger partial charge in [0.2, 0.25) is 0 Å². The van der Waals surface area contributed by atoms with Crippen molar-refractivity contribution in [3.05, 3.63) is 29.8 Å². The number of ether oxygens (including phenoxy) is 1. The third-order valence-corrected chi connectivity index (χ3v) is 2.78. The third-order valence-electron chi connectivity index (χ3n) is 2.78. The van der Waals surface area contributed by atoms with E-state index < -0.39 is 18.6 Å². The molecule has 0 unspecified atom stereocenters. The fraction of sp³-hybridized carbons (Fsp3) is 0.417. The van der Waals surface area contributed by atoms with Crippen LogP contribution in [0.3, 0.4) is 0 Å². The molecule has 1 aliphatic heterocycles. The predicted molar refractivity (Wildman–Crippen MR) is 59.6 cm³/mol. The number of amides is 1. The van der Waals surface area contributed by atoms with Gasteiger partial charge in [-0.3, -0.25) is 4.79 Å². The molecule has 4 nitrogen and oxygen atoms in total. The average Bonchev–Trinajstić information content (AvgIpc) is 2.75. The minimum Gasteiger partial charge on any atom is -0.434 e. The van der Waals surface area contributed by atoms with Crippen molar-refractivity contribution in [3.63, 3.8) is 0 Å². The summed E-state index contributed by atoms with van der Waals surface area (Å²) in [5, 5.41) is 9.36. The van der Waals surface area contributed by atoms with Gasteiger partial charge in [0.15, 0.2) is 0 Å². The number of halogens is 2. The van der Waals surface area contributed by atoms with Crippen molar-refractivity contribution in [2.45, 2.75) is 19.1 Å². The fourth-order valence-corrected chi connectivity index (χ4v) is 1.94. The quantitative estimate of drug-likeness (QED) is 0.892. The third kappa shape index (κ3) is 2.76. The summed E-state index contributed by atoms with van der Waals surface area (Å²) < 4.78 is 28.7. The molecule has 0 aliphatic carbocycles. The summed E-state index contributed by atoms with van der Waals surface area (Å²) in [6.45, 7) is -2.33. The number of hydrogen-bond donors (Lipinski definition) is 1. The van der Waals surface area contributed by atoms with Crippen LogP contribution in [-0.2, 0) is 0 Å². The van der Waals surface area contributed by atoms with Gasteiger partial charge in [0.25, 0.3) is 5.91 Å². The summed E-state index contributed by atoms with van der Waals surface area (Å²) in [6.07, 6.45) is -0.0407. The Morgan fingerprint density at radius 2 is 2.17 bits per heavy atom. The number of likely N-dealkylation sites (tertiary alicyclic amines) is 1. The van der Waals surface area contributed by atoms with E-state index in [2.05, 4.69) is 4.74 Å². The summed E-state index contributed by atoms with van der Waals surface area (Å²) >= 11 is 0. The average molecular weight is 257 g/mol. The molecule has 0 aromatic heterocycles. The van der Waals surface area contributed by atoms with Crippen LogP contribution < -0.4 is 4.74 Å². The Hall–Kier alpha value is -1.69. The molecule has 0 spiro atoms. The second-order valence-electron chi connectivity index (χ2n) is 4.07. The molecule has 1 aliphatic rings. The van der Waals surface area contributed by atoms with Crippen molar-refractivity contribution in [3.8, 4) is 5.75 Å². The first-order valence-electron chi connectivity index (χ1n) is 5.59. The van der Waals surface area contributed by atoms with Crippen molar-refractivity contribution in [1.29, 1.82) is 0 Å². The SMILES string of the molecule is O=C(c1ccccc1OC(F)F)N1CC[C@@H](O)C1. The van der Waals surface area contributed by atoms with E-state index in [1.807, 2.05) is 0 Å². The molecular formula is C12H13F2NO3. The minimum atomic E-state index is -2.97. The maximum Gasteiger partial charge on any atom is 0.387 e. The lowest BCUT2D eigenvalue weighted by atomic mass is 10.2. The van der Waals surface area contributed by atoms with E-state index in [4.69, 9.17) is 0 Å². The molecular weight excluding hydrogens is 244 g/mol. The van der Waals surface area contributed by atoms with Crippen molar-refractivity contribution in [2.75, 3.05) is 13.1 Å². The van der Waals surface area contributed by atoms with Gasteiger partial charge in [-0.15, -0.1) is 0 Å². The molecule has 0 radical (unpaired) electrons. The van der Waals surface area contributed by atoms with E-state index in [1.165, 1.54) is 23.1 Å². The predicted octanol–water partition coefficient (Wildman–Crippen LogP) is 1.49. The number of alkyl halides is 2. The van der Waals surface area contributed by atoms with Gasteiger partial charge in [0.05, 0.1) is 11.7 Å². The zero-order valence-electron chi connectivity index (χ0n) is 9.55. The smallest absolute Gasteiger partial charge is 0.387 e. The van der Waals surface area contributed by atoms with Gasteiger partial charge in [-0.2, -0.15) is 8.78 Å². The normalized spacial score (nSPS) is 19.3. The number of carbonyl (C=O) groups is 1. The highest BCUT2D eigenvalue weighted by molar-refractivity contribution is 5.97. The first-order chi connectivity index (χ1) is 8.58. The van der Waals surface area contributed by atoms with Crippen LogP contribution in [0.2, 0.25) is 0 Å². The van der Waals surface area contributed by atoms with Gasteiger partial charge in [0.1, 0.15) is 5.75 Å². The van der Waals surface area contributed by atoms with Crippen LogP contribution in [0.25, 0.3) is 0 Å². The van der Waals surface area contributed by atoms with E-state index in [0.717, 1.165) is 0 Å². The summed E-state index contributed by atoms with van der Waals surface area (Å²) in [5.41, 5.74) is 0.0897. The van der Waals surface area contributed by atoms with Crippen molar-refractivity contribution >= 4 is 5.91 Å². The Morgan fingerprint density at radius 1 is 1.44 bits per heavy atom. The Bertz CT molecular complexity index is 439. The second kappa shape index (κ2) is 5.30.